The van der Waals surface area contributed by atoms with Gasteiger partial charge in [0.15, 0.2) is 0 Å². The van der Waals surface area contributed by atoms with E-state index in [1.54, 1.807) is 6.92 Å². The van der Waals surface area contributed by atoms with Gasteiger partial charge in [0, 0.05) is 19.1 Å². The van der Waals surface area contributed by atoms with Crippen LogP contribution in [-0.2, 0) is 20.0 Å². The Morgan fingerprint density at radius 2 is 1.95 bits per heavy atom. The lowest BCUT2D eigenvalue weighted by Crippen LogP contribution is -2.49. The Bertz CT molecular complexity index is 762. The number of nitrogens with zero attached hydrogens (tertiary/aromatic N) is 1. The minimum Gasteiger partial charge on any atom is -0.213 e. The van der Waals surface area contributed by atoms with E-state index in [1.165, 1.54) is 16.4 Å². The molecule has 0 saturated carbocycles. The van der Waals surface area contributed by atoms with Crippen molar-refractivity contribution in [3.05, 3.63) is 29.6 Å². The molecule has 0 bridgehead atoms. The van der Waals surface area contributed by atoms with E-state index in [-0.39, 0.29) is 6.54 Å². The summed E-state index contributed by atoms with van der Waals surface area (Å²) in [6.07, 6.45) is 2.15. The first-order valence-electron chi connectivity index (χ1n) is 6.83. The Balaban J connectivity index is 2.20. The normalized spacial score (nSPS) is 21.0. The number of piperidine rings is 1. The second-order valence-electron chi connectivity index (χ2n) is 5.52. The molecule has 1 unspecified atom stereocenters. The summed E-state index contributed by atoms with van der Waals surface area (Å²) in [5, 5.41) is 0. The van der Waals surface area contributed by atoms with Crippen LogP contribution >= 0.6 is 0 Å². The monoisotopic (exact) mass is 350 g/mol. The molecule has 124 valence electrons. The van der Waals surface area contributed by atoms with Crippen molar-refractivity contribution in [3.63, 3.8) is 0 Å². The van der Waals surface area contributed by atoms with Gasteiger partial charge in [0.2, 0.25) is 20.0 Å². The maximum Gasteiger partial charge on any atom is 0.243 e. The number of rotatable bonds is 4. The molecular weight excluding hydrogens is 331 g/mol. The van der Waals surface area contributed by atoms with Crippen LogP contribution in [0, 0.1) is 12.7 Å². The van der Waals surface area contributed by atoms with Crippen molar-refractivity contribution < 1.29 is 21.2 Å². The van der Waals surface area contributed by atoms with Gasteiger partial charge in [0.25, 0.3) is 0 Å². The third-order valence-corrected chi connectivity index (χ3v) is 6.36. The lowest BCUT2D eigenvalue weighted by molar-refractivity contribution is 0.305. The Morgan fingerprint density at radius 1 is 1.27 bits per heavy atom. The van der Waals surface area contributed by atoms with E-state index in [4.69, 9.17) is 0 Å². The van der Waals surface area contributed by atoms with Crippen LogP contribution in [0.15, 0.2) is 23.1 Å². The summed E-state index contributed by atoms with van der Waals surface area (Å²) >= 11 is 0. The Hall–Kier alpha value is -1.03. The van der Waals surface area contributed by atoms with Gasteiger partial charge in [-0.15, -0.1) is 0 Å². The van der Waals surface area contributed by atoms with Gasteiger partial charge in [-0.1, -0.05) is 6.07 Å². The van der Waals surface area contributed by atoms with E-state index < -0.39 is 36.8 Å². The average Bonchev–Trinajstić information content (AvgIpc) is 2.40. The van der Waals surface area contributed by atoms with Crippen molar-refractivity contribution in [2.45, 2.75) is 30.7 Å². The van der Waals surface area contributed by atoms with E-state index >= 15 is 0 Å². The van der Waals surface area contributed by atoms with E-state index in [0.717, 1.165) is 12.3 Å². The van der Waals surface area contributed by atoms with Crippen LogP contribution in [0.25, 0.3) is 0 Å². The standard InChI is InChI=1S/C13H19FN2O4S2/c1-10-5-6-12(14)13(8-10)22(19,20)15-11-4-3-7-16(9-11)21(2,17)18/h5-6,8,11,15H,3-4,7,9H2,1-2H3. The highest BCUT2D eigenvalue weighted by Crippen LogP contribution is 2.19. The van der Waals surface area contributed by atoms with Crippen molar-refractivity contribution in [2.24, 2.45) is 0 Å². The topological polar surface area (TPSA) is 83.6 Å². The molecule has 0 radical (unpaired) electrons. The van der Waals surface area contributed by atoms with Crippen molar-refractivity contribution in [1.29, 1.82) is 0 Å². The molecule has 1 aromatic carbocycles. The minimum absolute atomic E-state index is 0.0610. The third kappa shape index (κ3) is 4.03. The van der Waals surface area contributed by atoms with Crippen LogP contribution < -0.4 is 4.72 Å². The second kappa shape index (κ2) is 6.23. The number of aryl methyl sites for hydroxylation is 1. The van der Waals surface area contributed by atoms with Crippen molar-refractivity contribution >= 4 is 20.0 Å². The summed E-state index contributed by atoms with van der Waals surface area (Å²) in [6, 6.07) is 3.29. The number of halogens is 1. The minimum atomic E-state index is -4.03. The van der Waals surface area contributed by atoms with Gasteiger partial charge in [0.1, 0.15) is 10.7 Å². The number of benzene rings is 1. The van der Waals surface area contributed by atoms with Crippen LogP contribution in [0.1, 0.15) is 18.4 Å². The predicted molar refractivity (Wildman–Crippen MR) is 80.9 cm³/mol. The zero-order valence-corrected chi connectivity index (χ0v) is 14.0. The van der Waals surface area contributed by atoms with Crippen molar-refractivity contribution in [3.8, 4) is 0 Å². The molecule has 6 nitrogen and oxygen atoms in total. The summed E-state index contributed by atoms with van der Waals surface area (Å²) in [4.78, 5) is -0.413. The van der Waals surface area contributed by atoms with Gasteiger partial charge in [0.05, 0.1) is 6.26 Å². The second-order valence-corrected chi connectivity index (χ2v) is 9.18. The maximum atomic E-state index is 13.8. The van der Waals surface area contributed by atoms with Crippen molar-refractivity contribution in [1.82, 2.24) is 9.03 Å². The molecule has 2 rings (SSSR count). The van der Waals surface area contributed by atoms with Gasteiger partial charge in [-0.05, 0) is 37.5 Å². The van der Waals surface area contributed by atoms with Gasteiger partial charge in [-0.25, -0.2) is 30.3 Å². The van der Waals surface area contributed by atoms with Crippen molar-refractivity contribution in [2.75, 3.05) is 19.3 Å². The smallest absolute Gasteiger partial charge is 0.213 e. The molecule has 0 amide bonds. The number of sulfonamides is 2. The third-order valence-electron chi connectivity index (χ3n) is 3.55. The van der Waals surface area contributed by atoms with Crippen LogP contribution in [0.4, 0.5) is 4.39 Å². The van der Waals surface area contributed by atoms with Gasteiger partial charge in [-0.2, -0.15) is 0 Å². The quantitative estimate of drug-likeness (QED) is 0.872. The molecule has 0 aromatic heterocycles. The molecule has 1 aliphatic rings. The molecule has 1 saturated heterocycles. The van der Waals surface area contributed by atoms with Crippen LogP contribution in [0.2, 0.25) is 0 Å². The van der Waals surface area contributed by atoms with Gasteiger partial charge < -0.3 is 0 Å². The fourth-order valence-electron chi connectivity index (χ4n) is 2.44. The lowest BCUT2D eigenvalue weighted by atomic mass is 10.1. The summed E-state index contributed by atoms with van der Waals surface area (Å²) < 4.78 is 65.1. The first-order valence-corrected chi connectivity index (χ1v) is 10.2. The first-order chi connectivity index (χ1) is 10.1. The highest BCUT2D eigenvalue weighted by atomic mass is 32.2. The maximum absolute atomic E-state index is 13.8. The number of hydrogen-bond acceptors (Lipinski definition) is 4. The summed E-state index contributed by atoms with van der Waals surface area (Å²) in [7, 11) is -7.40. The highest BCUT2D eigenvalue weighted by molar-refractivity contribution is 7.89. The summed E-state index contributed by atoms with van der Waals surface area (Å²) in [5.74, 6) is -0.825. The molecule has 22 heavy (non-hydrogen) atoms. The van der Waals surface area contributed by atoms with Crippen LogP contribution in [0.3, 0.4) is 0 Å². The molecule has 1 aliphatic heterocycles. The molecule has 9 heteroatoms. The molecule has 1 aromatic rings. The Kier molecular flexibility index (Phi) is 4.90. The predicted octanol–water partition coefficient (Wildman–Crippen LogP) is 0.836. The molecule has 0 spiro atoms. The van der Waals surface area contributed by atoms with E-state index in [2.05, 4.69) is 4.72 Å². The molecule has 1 fully saturated rings. The average molecular weight is 350 g/mol. The fraction of sp³-hybridized carbons (Fsp3) is 0.538. The summed E-state index contributed by atoms with van der Waals surface area (Å²) in [6.45, 7) is 2.10. The first kappa shape index (κ1) is 17.3. The molecule has 1 N–H and O–H groups in total. The van der Waals surface area contributed by atoms with E-state index in [9.17, 15) is 21.2 Å². The lowest BCUT2D eigenvalue weighted by Gasteiger charge is -2.31. The largest absolute Gasteiger partial charge is 0.243 e. The highest BCUT2D eigenvalue weighted by Gasteiger charge is 2.30. The van der Waals surface area contributed by atoms with E-state index in [0.29, 0.717) is 24.9 Å². The molecular formula is C13H19FN2O4S2. The molecule has 0 aliphatic carbocycles. The van der Waals surface area contributed by atoms with Gasteiger partial charge in [-0.3, -0.25) is 0 Å². The van der Waals surface area contributed by atoms with Gasteiger partial charge >= 0.3 is 0 Å². The Labute approximate surface area is 130 Å². The van der Waals surface area contributed by atoms with E-state index in [1.807, 2.05) is 0 Å². The SMILES string of the molecule is Cc1ccc(F)c(S(=O)(=O)NC2CCCN(S(C)(=O)=O)C2)c1. The fourth-order valence-corrected chi connectivity index (χ4v) is 4.77. The summed E-state index contributed by atoms with van der Waals surface area (Å²) in [5.41, 5.74) is 0.628. The molecule has 1 heterocycles. The number of nitrogens with one attached hydrogen (secondary N) is 1. The Morgan fingerprint density at radius 3 is 2.59 bits per heavy atom. The number of hydrogen-bond donors (Lipinski definition) is 1. The zero-order valence-electron chi connectivity index (χ0n) is 12.4. The van der Waals surface area contributed by atoms with Crippen LogP contribution in [-0.4, -0.2) is 46.5 Å². The zero-order chi connectivity index (χ0) is 16.5. The van der Waals surface area contributed by atoms with Crippen LogP contribution in [0.5, 0.6) is 0 Å². The molecule has 1 atom stereocenters.